The summed E-state index contributed by atoms with van der Waals surface area (Å²) in [6, 6.07) is 49.0. The van der Waals surface area contributed by atoms with Gasteiger partial charge in [0.1, 0.15) is 16.9 Å². The summed E-state index contributed by atoms with van der Waals surface area (Å²) in [5.74, 6) is 1.86. The maximum absolute atomic E-state index is 5.97. The number of hydrogen-bond acceptors (Lipinski definition) is 6. The Bertz CT molecular complexity index is 4200. The Balaban J connectivity index is 0.000000173. The summed E-state index contributed by atoms with van der Waals surface area (Å²) in [5, 5.41) is 6.45. The van der Waals surface area contributed by atoms with Crippen molar-refractivity contribution in [2.75, 3.05) is 0 Å². The molecule has 0 aliphatic carbocycles. The topological polar surface area (TPSA) is 72.8 Å². The minimum Gasteiger partial charge on any atom is -0.461 e. The highest BCUT2D eigenvalue weighted by Crippen LogP contribution is 2.40. The first kappa shape index (κ1) is 83.5. The summed E-state index contributed by atoms with van der Waals surface area (Å²) in [6.07, 6.45) is 0. The second kappa shape index (κ2) is 29.5. The zero-order chi connectivity index (χ0) is 77.9. The Hall–Kier alpha value is -6.74. The predicted molar refractivity (Wildman–Crippen MR) is 457 cm³/mol. The molecule has 12 aromatic rings. The Labute approximate surface area is 632 Å². The molecule has 6 heterocycles. The van der Waals surface area contributed by atoms with Crippen molar-refractivity contribution in [1.82, 2.24) is 19.5 Å². The molecule has 6 aromatic heterocycles. The predicted octanol–water partition coefficient (Wildman–Crippen LogP) is 29.4. The quantitative estimate of drug-likeness (QED) is 0.164. The van der Waals surface area contributed by atoms with Crippen LogP contribution in [0, 0.1) is 0 Å². The van der Waals surface area contributed by atoms with Gasteiger partial charge in [0.15, 0.2) is 5.58 Å². The lowest BCUT2D eigenvalue weighted by molar-refractivity contribution is 0.410. The second-order valence-electron chi connectivity index (χ2n) is 41.5. The fourth-order valence-corrected chi connectivity index (χ4v) is 13.9. The second-order valence-corrected chi connectivity index (χ2v) is 43.6. The largest absolute Gasteiger partial charge is 0.461 e. The van der Waals surface area contributed by atoms with Crippen LogP contribution in [0.25, 0.3) is 64.2 Å². The number of fused-ring (bicyclic) bond motifs is 6. The van der Waals surface area contributed by atoms with E-state index in [9.17, 15) is 0 Å². The molecular formula is C95H134N4O2S2. The number of aromatic nitrogens is 4. The molecule has 0 spiro atoms. The van der Waals surface area contributed by atoms with Gasteiger partial charge in [-0.3, -0.25) is 0 Å². The smallest absolute Gasteiger partial charge is 0.200 e. The maximum Gasteiger partial charge on any atom is 0.200 e. The summed E-state index contributed by atoms with van der Waals surface area (Å²) in [6.45, 7) is 80.3. The fourth-order valence-electron chi connectivity index (χ4n) is 11.7. The van der Waals surface area contributed by atoms with E-state index in [-0.39, 0.29) is 65.0 Å². The van der Waals surface area contributed by atoms with Crippen molar-refractivity contribution in [3.63, 3.8) is 0 Å². The lowest BCUT2D eigenvalue weighted by Gasteiger charge is -2.21. The lowest BCUT2D eigenvalue weighted by atomic mass is 9.87. The molecule has 0 unspecified atom stereocenters. The summed E-state index contributed by atoms with van der Waals surface area (Å²) in [5.41, 5.74) is 19.4. The average Bonchev–Trinajstić information content (AvgIpc) is 1.65. The minimum absolute atomic E-state index is 0.0408. The highest BCUT2D eigenvalue weighted by atomic mass is 32.1. The molecule has 0 saturated carbocycles. The van der Waals surface area contributed by atoms with Crippen molar-refractivity contribution >= 4 is 86.9 Å². The summed E-state index contributed by atoms with van der Waals surface area (Å²) in [7, 11) is 2.18. The van der Waals surface area contributed by atoms with Gasteiger partial charge in [-0.15, -0.1) is 22.7 Å². The zero-order valence-electron chi connectivity index (χ0n) is 71.2. The number of aromatic amines is 1. The summed E-state index contributed by atoms with van der Waals surface area (Å²) < 4.78 is 16.9. The fraction of sp³-hybridized carbons (Fsp3) is 0.516. The van der Waals surface area contributed by atoms with E-state index in [2.05, 4.69) is 404 Å². The van der Waals surface area contributed by atoms with Gasteiger partial charge in [0.2, 0.25) is 5.89 Å². The van der Waals surface area contributed by atoms with E-state index < -0.39 is 0 Å². The Morgan fingerprint density at radius 3 is 1.21 bits per heavy atom. The van der Waals surface area contributed by atoms with Gasteiger partial charge in [-0.2, -0.15) is 0 Å². The van der Waals surface area contributed by atoms with E-state index >= 15 is 0 Å². The number of thiophene rings is 1. The van der Waals surface area contributed by atoms with E-state index in [1.165, 1.54) is 96.6 Å². The molecule has 1 N–H and O–H groups in total. The van der Waals surface area contributed by atoms with Gasteiger partial charge in [0.05, 0.1) is 15.2 Å². The van der Waals surface area contributed by atoms with Gasteiger partial charge < -0.3 is 18.4 Å². The number of oxazole rings is 1. The highest BCUT2D eigenvalue weighted by molar-refractivity contribution is 7.19. The molecule has 0 aliphatic rings. The van der Waals surface area contributed by atoms with Crippen molar-refractivity contribution in [2.45, 2.75) is 314 Å². The van der Waals surface area contributed by atoms with Crippen LogP contribution in [-0.4, -0.2) is 19.5 Å². The SMILES string of the molecule is CC(C)(C)c1ccc2cc(C(C)(C)C)[nH]c2c1.CC(C)(C)c1ccc2cc(C(C)(C)C)oc2c1.CC(C)(C)c1ccc2cc(C(C)(C)C)sc2c1.CC(C)(C)c1ccc2nc(C(C)(C)C)oc2c1.CC(C)(C)c1ccc2nc(C(C)(C)C)sc2c1.Cn1c(C(C)(C)C)cc2ccc(C(C)(C)C)cc21. The van der Waals surface area contributed by atoms with Crippen LogP contribution in [0.3, 0.4) is 0 Å². The molecule has 0 atom stereocenters. The minimum atomic E-state index is -0.0408. The molecule has 0 saturated heterocycles. The number of hydrogen-bond donors (Lipinski definition) is 1. The van der Waals surface area contributed by atoms with Crippen LogP contribution in [0.15, 0.2) is 142 Å². The molecule has 8 heteroatoms. The lowest BCUT2D eigenvalue weighted by Crippen LogP contribution is -2.15. The average molecular weight is 1430 g/mol. The number of aryl methyl sites for hydroxylation is 1. The third-order valence-corrected chi connectivity index (χ3v) is 22.0. The third-order valence-electron chi connectivity index (χ3n) is 19.0. The molecule has 12 rings (SSSR count). The van der Waals surface area contributed by atoms with Gasteiger partial charge in [0.25, 0.3) is 0 Å². The van der Waals surface area contributed by atoms with Crippen molar-refractivity contribution in [3.05, 3.63) is 200 Å². The van der Waals surface area contributed by atoms with Crippen LogP contribution in [0.4, 0.5) is 0 Å². The molecule has 0 radical (unpaired) electrons. The van der Waals surface area contributed by atoms with Gasteiger partial charge in [-0.1, -0.05) is 310 Å². The molecule has 558 valence electrons. The van der Waals surface area contributed by atoms with Crippen LogP contribution >= 0.6 is 22.7 Å². The van der Waals surface area contributed by atoms with Gasteiger partial charge in [0, 0.05) is 71.5 Å². The first-order chi connectivity index (χ1) is 46.5. The number of rotatable bonds is 0. The molecule has 0 fully saturated rings. The van der Waals surface area contributed by atoms with Crippen LogP contribution in [-0.2, 0) is 72.0 Å². The molecular weight excluding hydrogens is 1290 g/mol. The first-order valence-corrected chi connectivity index (χ1v) is 39.3. The number of thiazole rings is 1. The van der Waals surface area contributed by atoms with E-state index in [0.29, 0.717) is 0 Å². The standard InChI is InChI=1S/C17H25N.C16H23N.C16H22O.C16H22S.C15H21NO.C15H21NS/c1-16(2,3)13-9-8-12-10-15(17(4,5)6)18(7)14(12)11-13;3*1-15(2,3)12-8-7-11-9-14(16(4,5)6)17-13(11)10-12;2*1-14(2,3)10-7-8-11-12(9-10)17-13(16-11)15(4,5)6/h8-11H,1-7H3;7-10,17H,1-6H3;2*7-10H,1-6H3;2*7-9H,1-6H3. The van der Waals surface area contributed by atoms with E-state index in [1.54, 1.807) is 0 Å². The number of benzene rings is 6. The highest BCUT2D eigenvalue weighted by Gasteiger charge is 2.27. The number of H-pyrrole nitrogens is 1. The van der Waals surface area contributed by atoms with Crippen molar-refractivity contribution in [1.29, 1.82) is 0 Å². The van der Waals surface area contributed by atoms with Crippen molar-refractivity contribution in [2.24, 2.45) is 7.05 Å². The van der Waals surface area contributed by atoms with Gasteiger partial charge >= 0.3 is 0 Å². The molecule has 103 heavy (non-hydrogen) atoms. The van der Waals surface area contributed by atoms with Crippen LogP contribution < -0.4 is 0 Å². The zero-order valence-corrected chi connectivity index (χ0v) is 72.8. The van der Waals surface area contributed by atoms with E-state index in [4.69, 9.17) is 13.8 Å². The molecule has 6 aromatic carbocycles. The number of nitrogens with zero attached hydrogens (tertiary/aromatic N) is 3. The van der Waals surface area contributed by atoms with Crippen LogP contribution in [0.1, 0.15) is 316 Å². The van der Waals surface area contributed by atoms with E-state index in [1.807, 2.05) is 22.7 Å². The maximum atomic E-state index is 5.97. The van der Waals surface area contributed by atoms with E-state index in [0.717, 1.165) is 33.9 Å². The Morgan fingerprint density at radius 1 is 0.311 bits per heavy atom. The number of furan rings is 1. The normalized spacial score (nSPS) is 13.3. The Morgan fingerprint density at radius 2 is 0.748 bits per heavy atom. The first-order valence-electron chi connectivity index (χ1n) is 37.7. The summed E-state index contributed by atoms with van der Waals surface area (Å²) in [4.78, 5) is 14.3. The van der Waals surface area contributed by atoms with Gasteiger partial charge in [-0.05, 0) is 160 Å². The van der Waals surface area contributed by atoms with Crippen molar-refractivity contribution in [3.8, 4) is 0 Å². The summed E-state index contributed by atoms with van der Waals surface area (Å²) >= 11 is 3.76. The molecule has 0 bridgehead atoms. The Kier molecular flexibility index (Phi) is 24.0. The monoisotopic (exact) mass is 1430 g/mol. The molecule has 6 nitrogen and oxygen atoms in total. The van der Waals surface area contributed by atoms with Gasteiger partial charge in [-0.25, -0.2) is 9.97 Å². The molecule has 0 amide bonds. The number of nitrogens with one attached hydrogen (secondary N) is 1. The van der Waals surface area contributed by atoms with Crippen molar-refractivity contribution < 1.29 is 8.83 Å². The third kappa shape index (κ3) is 21.7. The van der Waals surface area contributed by atoms with Crippen LogP contribution in [0.2, 0.25) is 0 Å². The molecule has 0 aliphatic heterocycles. The van der Waals surface area contributed by atoms with Crippen LogP contribution in [0.5, 0.6) is 0 Å².